The molecule has 0 amide bonds. The molecule has 1 atom stereocenters. The summed E-state index contributed by atoms with van der Waals surface area (Å²) in [5, 5.41) is 10.9. The molecule has 0 fully saturated rings. The van der Waals surface area contributed by atoms with Gasteiger partial charge in [0.1, 0.15) is 16.3 Å². The number of aromatic hydroxyl groups is 1. The molecule has 2 heterocycles. The van der Waals surface area contributed by atoms with E-state index in [9.17, 15) is 9.90 Å². The van der Waals surface area contributed by atoms with Crippen molar-refractivity contribution in [3.05, 3.63) is 18.0 Å². The van der Waals surface area contributed by atoms with Crippen molar-refractivity contribution in [2.45, 2.75) is 25.8 Å². The average molecular weight is 324 g/mol. The third-order valence-corrected chi connectivity index (χ3v) is 4.70. The maximum Gasteiger partial charge on any atom is 0.186 e. The zero-order valence-corrected chi connectivity index (χ0v) is 13.8. The van der Waals surface area contributed by atoms with E-state index >= 15 is 0 Å². The number of Topliss-reactive ketones (excluding diaryl/α,β-unsaturated/α-hetero) is 1. The summed E-state index contributed by atoms with van der Waals surface area (Å²) in [5.41, 5.74) is -0.386. The Morgan fingerprint density at radius 2 is 2.27 bits per heavy atom. The molecule has 0 saturated heterocycles. The zero-order valence-electron chi connectivity index (χ0n) is 13.0. The van der Waals surface area contributed by atoms with E-state index in [1.54, 1.807) is 26.3 Å². The number of carbonyl (C=O) groups excluding carboxylic acids is 1. The highest BCUT2D eigenvalue weighted by Crippen LogP contribution is 2.36. The molecule has 120 valence electrons. The summed E-state index contributed by atoms with van der Waals surface area (Å²) >= 11 is 1.42. The fraction of sp³-hybridized carbons (Fsp3) is 0.533. The second kappa shape index (κ2) is 7.11. The van der Waals surface area contributed by atoms with E-state index in [-0.39, 0.29) is 11.5 Å². The first-order valence-corrected chi connectivity index (χ1v) is 8.00. The van der Waals surface area contributed by atoms with Gasteiger partial charge in [0.15, 0.2) is 17.3 Å². The van der Waals surface area contributed by atoms with Crippen LogP contribution in [-0.4, -0.2) is 52.5 Å². The van der Waals surface area contributed by atoms with E-state index in [0.29, 0.717) is 35.5 Å². The van der Waals surface area contributed by atoms with Gasteiger partial charge in [0, 0.05) is 38.2 Å². The minimum atomic E-state index is -0.747. The summed E-state index contributed by atoms with van der Waals surface area (Å²) in [6.45, 7) is 4.35. The molecular formula is C15H20N2O4S. The molecule has 6 nitrogen and oxygen atoms in total. The summed E-state index contributed by atoms with van der Waals surface area (Å²) in [6.07, 6.45) is 2.29. The van der Waals surface area contributed by atoms with Gasteiger partial charge in [0.2, 0.25) is 0 Å². The van der Waals surface area contributed by atoms with Gasteiger partial charge in [0.05, 0.1) is 6.61 Å². The maximum absolute atomic E-state index is 11.7. The Bertz CT molecular complexity index is 591. The lowest BCUT2D eigenvalue weighted by atomic mass is 10.0. The van der Waals surface area contributed by atoms with Crippen molar-refractivity contribution >= 4 is 22.6 Å². The van der Waals surface area contributed by atoms with Crippen LogP contribution in [0.15, 0.2) is 17.3 Å². The Morgan fingerprint density at radius 3 is 2.91 bits per heavy atom. The summed E-state index contributed by atoms with van der Waals surface area (Å²) in [7, 11) is 1.63. The minimum absolute atomic E-state index is 0.00135. The summed E-state index contributed by atoms with van der Waals surface area (Å²) in [6, 6.07) is 1.61. The largest absolute Gasteiger partial charge is 0.503 e. The number of thioether (sulfide) groups is 1. The van der Waals surface area contributed by atoms with Crippen molar-refractivity contribution in [2.24, 2.45) is 4.99 Å². The molecule has 0 radical (unpaired) electrons. The summed E-state index contributed by atoms with van der Waals surface area (Å²) in [4.78, 5) is 20.3. The number of ether oxygens (including phenoxy) is 2. The highest BCUT2D eigenvalue weighted by molar-refractivity contribution is 8.14. The Labute approximate surface area is 133 Å². The van der Waals surface area contributed by atoms with E-state index in [1.807, 2.05) is 0 Å². The van der Waals surface area contributed by atoms with Crippen molar-refractivity contribution in [3.63, 3.8) is 0 Å². The van der Waals surface area contributed by atoms with Crippen LogP contribution in [0.3, 0.4) is 0 Å². The van der Waals surface area contributed by atoms with Crippen LogP contribution in [0.2, 0.25) is 0 Å². The number of methoxy groups -OCH3 is 1. The van der Waals surface area contributed by atoms with Gasteiger partial charge >= 0.3 is 0 Å². The van der Waals surface area contributed by atoms with Crippen LogP contribution in [-0.2, 0) is 9.53 Å². The lowest BCUT2D eigenvalue weighted by molar-refractivity contribution is -0.120. The number of aromatic nitrogens is 1. The number of carbonyl (C=O) groups is 1. The fourth-order valence-corrected chi connectivity index (χ4v) is 3.13. The van der Waals surface area contributed by atoms with Crippen LogP contribution in [0.1, 0.15) is 26.0 Å². The van der Waals surface area contributed by atoms with Crippen molar-refractivity contribution in [1.29, 1.82) is 0 Å². The fourth-order valence-electron chi connectivity index (χ4n) is 1.89. The third kappa shape index (κ3) is 3.59. The van der Waals surface area contributed by atoms with E-state index in [0.717, 1.165) is 6.42 Å². The Morgan fingerprint density at radius 1 is 1.50 bits per heavy atom. The van der Waals surface area contributed by atoms with Crippen LogP contribution in [0, 0.1) is 0 Å². The Balaban J connectivity index is 2.17. The molecule has 2 rings (SSSR count). The van der Waals surface area contributed by atoms with Crippen molar-refractivity contribution < 1.29 is 19.4 Å². The SMILES string of the molecule is COCCCOc1ccnc(C2=N[C@@](C)(C(C)=O)CS2)c1O. The molecule has 0 saturated carbocycles. The molecule has 1 aromatic rings. The molecule has 0 spiro atoms. The molecular weight excluding hydrogens is 304 g/mol. The molecule has 1 N–H and O–H groups in total. The highest BCUT2D eigenvalue weighted by atomic mass is 32.2. The maximum atomic E-state index is 11.7. The number of aliphatic imine (C=N–C) groups is 1. The van der Waals surface area contributed by atoms with Crippen molar-refractivity contribution in [3.8, 4) is 11.5 Å². The number of rotatable bonds is 7. The van der Waals surface area contributed by atoms with Gasteiger partial charge in [0.25, 0.3) is 0 Å². The zero-order chi connectivity index (χ0) is 16.2. The first-order valence-electron chi connectivity index (χ1n) is 7.01. The van der Waals surface area contributed by atoms with Crippen LogP contribution in [0.5, 0.6) is 11.5 Å². The van der Waals surface area contributed by atoms with Crippen LogP contribution in [0.4, 0.5) is 0 Å². The number of ketones is 1. The molecule has 1 aliphatic heterocycles. The lowest BCUT2D eigenvalue weighted by Gasteiger charge is -2.14. The van der Waals surface area contributed by atoms with Gasteiger partial charge in [-0.3, -0.25) is 9.79 Å². The first kappa shape index (κ1) is 16.8. The summed E-state index contributed by atoms with van der Waals surface area (Å²) < 4.78 is 10.5. The monoisotopic (exact) mass is 324 g/mol. The molecule has 0 unspecified atom stereocenters. The van der Waals surface area contributed by atoms with Gasteiger partial charge in [-0.25, -0.2) is 4.98 Å². The van der Waals surface area contributed by atoms with Gasteiger partial charge in [-0.15, -0.1) is 11.8 Å². The Kier molecular flexibility index (Phi) is 5.42. The van der Waals surface area contributed by atoms with Crippen molar-refractivity contribution in [1.82, 2.24) is 4.98 Å². The number of pyridine rings is 1. The van der Waals surface area contributed by atoms with Crippen LogP contribution in [0.25, 0.3) is 0 Å². The average Bonchev–Trinajstić information content (AvgIpc) is 2.89. The Hall–Kier alpha value is -1.60. The van der Waals surface area contributed by atoms with Crippen LogP contribution >= 0.6 is 11.8 Å². The predicted octanol–water partition coefficient (Wildman–Crippen LogP) is 2.04. The smallest absolute Gasteiger partial charge is 0.186 e. The van der Waals surface area contributed by atoms with E-state index in [1.165, 1.54) is 18.7 Å². The van der Waals surface area contributed by atoms with Gasteiger partial charge in [-0.2, -0.15) is 0 Å². The first-order chi connectivity index (χ1) is 10.5. The quantitative estimate of drug-likeness (QED) is 0.773. The standard InChI is InChI=1S/C15H20N2O4S/c1-10(18)15(2)9-22-14(17-15)12-13(19)11(5-6-16-12)21-8-4-7-20-3/h5-6,19H,4,7-9H2,1-3H3/t15-/m1/s1. The lowest BCUT2D eigenvalue weighted by Crippen LogP contribution is -2.31. The number of hydrogen-bond donors (Lipinski definition) is 1. The van der Waals surface area contributed by atoms with Crippen molar-refractivity contribution in [2.75, 3.05) is 26.1 Å². The second-order valence-electron chi connectivity index (χ2n) is 5.24. The van der Waals surface area contributed by atoms with Gasteiger partial charge in [-0.05, 0) is 13.8 Å². The predicted molar refractivity (Wildman–Crippen MR) is 86.0 cm³/mol. The number of nitrogens with zero attached hydrogens (tertiary/aromatic N) is 2. The molecule has 1 aromatic heterocycles. The number of hydrogen-bond acceptors (Lipinski definition) is 7. The second-order valence-corrected chi connectivity index (χ2v) is 6.20. The molecule has 22 heavy (non-hydrogen) atoms. The molecule has 0 aromatic carbocycles. The molecule has 1 aliphatic rings. The highest BCUT2D eigenvalue weighted by Gasteiger charge is 2.36. The normalized spacial score (nSPS) is 20.8. The van der Waals surface area contributed by atoms with Gasteiger partial charge < -0.3 is 14.6 Å². The van der Waals surface area contributed by atoms with Gasteiger partial charge in [-0.1, -0.05) is 0 Å². The van der Waals surface area contributed by atoms with E-state index < -0.39 is 5.54 Å². The summed E-state index contributed by atoms with van der Waals surface area (Å²) in [5.74, 6) is 0.874. The third-order valence-electron chi connectivity index (χ3n) is 3.44. The molecule has 0 bridgehead atoms. The molecule has 0 aliphatic carbocycles. The van der Waals surface area contributed by atoms with E-state index in [4.69, 9.17) is 9.47 Å². The molecule has 7 heteroatoms. The topological polar surface area (TPSA) is 81.0 Å². The van der Waals surface area contributed by atoms with Crippen LogP contribution < -0.4 is 4.74 Å². The van der Waals surface area contributed by atoms with E-state index in [2.05, 4.69) is 9.98 Å². The minimum Gasteiger partial charge on any atom is -0.503 e.